The molecule has 2 unspecified atom stereocenters. The highest BCUT2D eigenvalue weighted by Crippen LogP contribution is 2.59. The first-order valence-electron chi connectivity index (χ1n) is 21.3. The monoisotopic (exact) mass is 832 g/mol. The lowest BCUT2D eigenvalue weighted by molar-refractivity contribution is 0.524. The van der Waals surface area contributed by atoms with Crippen LogP contribution in [0.3, 0.4) is 0 Å². The quantitative estimate of drug-likeness (QED) is 0.162. The smallest absolute Gasteiger partial charge is 0.225 e. The van der Waals surface area contributed by atoms with Gasteiger partial charge in [-0.3, -0.25) is 0 Å². The molecule has 6 aromatic rings. The maximum Gasteiger partial charge on any atom is 0.225 e. The van der Waals surface area contributed by atoms with E-state index in [2.05, 4.69) is 228 Å². The fraction of sp³-hybridized carbons (Fsp3) is 0.333. The van der Waals surface area contributed by atoms with Crippen molar-refractivity contribution in [2.45, 2.75) is 105 Å². The van der Waals surface area contributed by atoms with E-state index < -0.39 is 16.6 Å². The molecule has 2 aliphatic heterocycles. The molecule has 4 nitrogen and oxygen atoms in total. The second-order valence-electron chi connectivity index (χ2n) is 20.6. The number of hydrogen-bond donors (Lipinski definition) is 0. The minimum atomic E-state index is -1.29. The lowest BCUT2D eigenvalue weighted by Gasteiger charge is -2.39. The standard InChI is InChI=1S/C54H62N2O2P2/c1-51(2,3)35-31-41(49(43(33-35)53(7,8)9)57-59-47-29-21-17-25-39(47)37-23-15-19-27-45(37)55(59)13)42-32-36(52(4,5)6)34-44(54(10,11)12)50(42)58-60-48-30-22-18-26-40(48)38-24-16-20-28-46(38)56(60)14/h15-34H,1-14H3. The first-order chi connectivity index (χ1) is 28.1. The first kappa shape index (κ1) is 42.1. The van der Waals surface area contributed by atoms with Crippen molar-refractivity contribution >= 4 is 38.6 Å². The van der Waals surface area contributed by atoms with E-state index in [-0.39, 0.29) is 21.7 Å². The highest BCUT2D eigenvalue weighted by molar-refractivity contribution is 7.63. The van der Waals surface area contributed by atoms with Crippen LogP contribution in [0.4, 0.5) is 11.4 Å². The number of benzene rings is 6. The molecule has 0 aliphatic carbocycles. The molecule has 2 heterocycles. The SMILES string of the molecule is CN1c2ccccc2-c2ccccc2P1Oc1c(-c2cc(C(C)(C)C)cc(C(C)(C)C)c2OP2c3ccccc3-c3ccccc3N2C)cc(C(C)(C)C)cc1C(C)(C)C. The van der Waals surface area contributed by atoms with Gasteiger partial charge in [0.1, 0.15) is 11.5 Å². The maximum atomic E-state index is 7.81. The molecule has 0 bridgehead atoms. The Morgan fingerprint density at radius 3 is 1.02 bits per heavy atom. The van der Waals surface area contributed by atoms with Crippen molar-refractivity contribution in [3.05, 3.63) is 144 Å². The molecule has 0 saturated heterocycles. The fourth-order valence-electron chi connectivity index (χ4n) is 8.45. The molecule has 0 spiro atoms. The number of rotatable bonds is 5. The minimum Gasteiger partial charge on any atom is -0.448 e. The van der Waals surface area contributed by atoms with Crippen LogP contribution < -0.4 is 29.0 Å². The third kappa shape index (κ3) is 7.54. The Labute approximate surface area is 362 Å². The topological polar surface area (TPSA) is 24.9 Å². The van der Waals surface area contributed by atoms with E-state index in [0.717, 1.165) is 22.6 Å². The zero-order valence-electron chi connectivity index (χ0n) is 38.2. The highest BCUT2D eigenvalue weighted by Gasteiger charge is 2.39. The fourth-order valence-corrected chi connectivity index (χ4v) is 12.2. The molecule has 2 aliphatic rings. The van der Waals surface area contributed by atoms with Gasteiger partial charge in [-0.05, 0) is 80.3 Å². The van der Waals surface area contributed by atoms with E-state index in [0.29, 0.717) is 0 Å². The van der Waals surface area contributed by atoms with Gasteiger partial charge in [0.2, 0.25) is 16.6 Å². The van der Waals surface area contributed by atoms with Crippen LogP contribution in [0.5, 0.6) is 11.5 Å². The van der Waals surface area contributed by atoms with Gasteiger partial charge in [0.25, 0.3) is 0 Å². The van der Waals surface area contributed by atoms with Crippen molar-refractivity contribution in [3.63, 3.8) is 0 Å². The van der Waals surface area contributed by atoms with E-state index in [1.165, 1.54) is 66.5 Å². The average molecular weight is 833 g/mol. The first-order valence-corrected chi connectivity index (χ1v) is 23.8. The summed E-state index contributed by atoms with van der Waals surface area (Å²) in [6.45, 7) is 27.9. The van der Waals surface area contributed by atoms with Crippen LogP contribution in [0, 0.1) is 0 Å². The molecular weight excluding hydrogens is 771 g/mol. The molecule has 6 heteroatoms. The molecule has 0 N–H and O–H groups in total. The van der Waals surface area contributed by atoms with Crippen molar-refractivity contribution in [3.8, 4) is 44.9 Å². The van der Waals surface area contributed by atoms with Crippen molar-refractivity contribution in [1.29, 1.82) is 0 Å². The van der Waals surface area contributed by atoms with Gasteiger partial charge >= 0.3 is 0 Å². The van der Waals surface area contributed by atoms with Gasteiger partial charge < -0.3 is 18.4 Å². The largest absolute Gasteiger partial charge is 0.448 e. The van der Waals surface area contributed by atoms with E-state index in [9.17, 15) is 0 Å². The summed E-state index contributed by atoms with van der Waals surface area (Å²) in [6, 6.07) is 44.8. The number of anilines is 2. The van der Waals surface area contributed by atoms with Crippen molar-refractivity contribution in [2.24, 2.45) is 0 Å². The Bertz CT molecular complexity index is 2420. The Kier molecular flexibility index (Phi) is 10.6. The third-order valence-corrected chi connectivity index (χ3v) is 15.9. The number of para-hydroxylation sites is 2. The van der Waals surface area contributed by atoms with Gasteiger partial charge in [0.05, 0.1) is 11.4 Å². The van der Waals surface area contributed by atoms with Crippen LogP contribution >= 0.6 is 16.6 Å². The summed E-state index contributed by atoms with van der Waals surface area (Å²) < 4.78 is 20.4. The van der Waals surface area contributed by atoms with Crippen molar-refractivity contribution < 1.29 is 9.05 Å². The van der Waals surface area contributed by atoms with E-state index in [4.69, 9.17) is 9.05 Å². The van der Waals surface area contributed by atoms with Crippen molar-refractivity contribution in [1.82, 2.24) is 0 Å². The molecule has 0 saturated carbocycles. The lowest BCUT2D eigenvalue weighted by Crippen LogP contribution is -2.29. The van der Waals surface area contributed by atoms with Crippen LogP contribution in [0.15, 0.2) is 121 Å². The van der Waals surface area contributed by atoms with E-state index >= 15 is 0 Å². The summed E-state index contributed by atoms with van der Waals surface area (Å²) >= 11 is 0. The molecule has 0 radical (unpaired) electrons. The number of fused-ring (bicyclic) bond motifs is 6. The Balaban J connectivity index is 1.44. The predicted molar refractivity (Wildman–Crippen MR) is 262 cm³/mol. The highest BCUT2D eigenvalue weighted by atomic mass is 31.2. The van der Waals surface area contributed by atoms with Crippen LogP contribution in [0.1, 0.15) is 105 Å². The second-order valence-corrected chi connectivity index (χ2v) is 24.3. The Hall–Kier alpha value is -4.62. The summed E-state index contributed by atoms with van der Waals surface area (Å²) in [7, 11) is 1.82. The number of nitrogens with zero attached hydrogens (tertiary/aromatic N) is 2. The van der Waals surface area contributed by atoms with Crippen LogP contribution in [-0.2, 0) is 21.7 Å². The van der Waals surface area contributed by atoms with Crippen LogP contribution in [0.2, 0.25) is 0 Å². The normalized spacial score (nSPS) is 16.4. The van der Waals surface area contributed by atoms with Crippen molar-refractivity contribution in [2.75, 3.05) is 23.4 Å². The molecule has 310 valence electrons. The van der Waals surface area contributed by atoms with Gasteiger partial charge in [0, 0.05) is 58.1 Å². The summed E-state index contributed by atoms with van der Waals surface area (Å²) in [6.07, 6.45) is 0. The summed E-state index contributed by atoms with van der Waals surface area (Å²) in [5, 5.41) is 2.44. The van der Waals surface area contributed by atoms with Gasteiger partial charge in [0.15, 0.2) is 0 Å². The second kappa shape index (κ2) is 15.1. The molecule has 0 aromatic heterocycles. The molecule has 60 heavy (non-hydrogen) atoms. The van der Waals surface area contributed by atoms with Gasteiger partial charge in [-0.1, -0.05) is 168 Å². The Morgan fingerprint density at radius 1 is 0.367 bits per heavy atom. The average Bonchev–Trinajstić information content (AvgIpc) is 3.19. The summed E-state index contributed by atoms with van der Waals surface area (Å²) in [5.41, 5.74) is 13.7. The maximum absolute atomic E-state index is 7.81. The van der Waals surface area contributed by atoms with Crippen LogP contribution in [-0.4, -0.2) is 14.1 Å². The molecule has 0 amide bonds. The third-order valence-electron chi connectivity index (χ3n) is 12.0. The summed E-state index contributed by atoms with van der Waals surface area (Å²) in [4.78, 5) is 0. The molecule has 2 atom stereocenters. The van der Waals surface area contributed by atoms with Gasteiger partial charge in [-0.15, -0.1) is 0 Å². The van der Waals surface area contributed by atoms with Gasteiger partial charge in [-0.25, -0.2) is 0 Å². The van der Waals surface area contributed by atoms with Crippen LogP contribution in [0.25, 0.3) is 33.4 Å². The van der Waals surface area contributed by atoms with E-state index in [1.54, 1.807) is 0 Å². The molecular formula is C54H62N2O2P2. The molecule has 0 fully saturated rings. The number of hydrogen-bond acceptors (Lipinski definition) is 4. The molecule has 8 rings (SSSR count). The molecule has 6 aromatic carbocycles. The minimum absolute atomic E-state index is 0.127. The zero-order valence-corrected chi connectivity index (χ0v) is 39.9. The predicted octanol–water partition coefficient (Wildman–Crippen LogP) is 14.8. The van der Waals surface area contributed by atoms with E-state index in [1.807, 2.05) is 0 Å². The zero-order chi connectivity index (χ0) is 43.1. The summed E-state index contributed by atoms with van der Waals surface area (Å²) in [5.74, 6) is 1.85. The van der Waals surface area contributed by atoms with Gasteiger partial charge in [-0.2, -0.15) is 0 Å². The lowest BCUT2D eigenvalue weighted by atomic mass is 9.75. The Morgan fingerprint density at radius 2 is 0.683 bits per heavy atom.